The molecule has 2 aromatic carbocycles. The average Bonchev–Trinajstić information content (AvgIpc) is 2.65. The fraction of sp³-hybridized carbons (Fsp3) is 0.176. The molecule has 0 bridgehead atoms. The first-order valence-corrected chi connectivity index (χ1v) is 7.26. The SMILES string of the molecule is N#Cc1ccc(C(=O)OCc2cc([N+](=O)[O-])cc3c2OCOC3)cc1. The highest BCUT2D eigenvalue weighted by Gasteiger charge is 2.22. The van der Waals surface area contributed by atoms with Crippen LogP contribution in [0.25, 0.3) is 0 Å². The maximum atomic E-state index is 12.1. The molecule has 0 saturated carbocycles. The molecular weight excluding hydrogens is 328 g/mol. The van der Waals surface area contributed by atoms with Crippen molar-refractivity contribution in [3.63, 3.8) is 0 Å². The second-order valence-electron chi connectivity index (χ2n) is 5.23. The van der Waals surface area contributed by atoms with Crippen LogP contribution in [-0.4, -0.2) is 17.7 Å². The Morgan fingerprint density at radius 1 is 1.32 bits per heavy atom. The fourth-order valence-corrected chi connectivity index (χ4v) is 2.40. The maximum Gasteiger partial charge on any atom is 0.338 e. The third-order valence-corrected chi connectivity index (χ3v) is 3.59. The summed E-state index contributed by atoms with van der Waals surface area (Å²) in [7, 11) is 0. The minimum Gasteiger partial charge on any atom is -0.467 e. The number of ether oxygens (including phenoxy) is 3. The largest absolute Gasteiger partial charge is 0.467 e. The summed E-state index contributed by atoms with van der Waals surface area (Å²) in [6, 6.07) is 10.6. The predicted octanol–water partition coefficient (Wildman–Crippen LogP) is 2.69. The van der Waals surface area contributed by atoms with E-state index in [9.17, 15) is 14.9 Å². The molecule has 0 unspecified atom stereocenters. The monoisotopic (exact) mass is 340 g/mol. The van der Waals surface area contributed by atoms with E-state index in [-0.39, 0.29) is 31.3 Å². The van der Waals surface area contributed by atoms with Crippen molar-refractivity contribution in [1.29, 1.82) is 5.26 Å². The molecule has 2 aromatic rings. The molecule has 0 aromatic heterocycles. The van der Waals surface area contributed by atoms with Crippen LogP contribution in [0.15, 0.2) is 36.4 Å². The van der Waals surface area contributed by atoms with Crippen molar-refractivity contribution in [1.82, 2.24) is 0 Å². The third-order valence-electron chi connectivity index (χ3n) is 3.59. The second kappa shape index (κ2) is 6.98. The summed E-state index contributed by atoms with van der Waals surface area (Å²) in [5.74, 6) is -0.165. The molecule has 8 nitrogen and oxygen atoms in total. The van der Waals surface area contributed by atoms with Crippen molar-refractivity contribution >= 4 is 11.7 Å². The number of nitro groups is 1. The topological polar surface area (TPSA) is 112 Å². The molecule has 1 aliphatic heterocycles. The zero-order chi connectivity index (χ0) is 17.8. The summed E-state index contributed by atoms with van der Waals surface area (Å²) in [4.78, 5) is 22.6. The third kappa shape index (κ3) is 3.57. The summed E-state index contributed by atoms with van der Waals surface area (Å²) < 4.78 is 15.7. The zero-order valence-corrected chi connectivity index (χ0v) is 12.9. The number of carbonyl (C=O) groups is 1. The molecule has 1 aliphatic rings. The van der Waals surface area contributed by atoms with Gasteiger partial charge in [-0.3, -0.25) is 10.1 Å². The van der Waals surface area contributed by atoms with Crippen LogP contribution in [0.5, 0.6) is 5.75 Å². The van der Waals surface area contributed by atoms with E-state index < -0.39 is 10.9 Å². The quantitative estimate of drug-likeness (QED) is 0.478. The van der Waals surface area contributed by atoms with Crippen molar-refractivity contribution < 1.29 is 23.9 Å². The van der Waals surface area contributed by atoms with Crippen molar-refractivity contribution in [2.45, 2.75) is 13.2 Å². The Morgan fingerprint density at radius 3 is 2.76 bits per heavy atom. The number of carbonyl (C=O) groups excluding carboxylic acids is 1. The Kier molecular flexibility index (Phi) is 4.59. The second-order valence-corrected chi connectivity index (χ2v) is 5.23. The number of fused-ring (bicyclic) bond motifs is 1. The number of benzene rings is 2. The molecule has 0 aliphatic carbocycles. The summed E-state index contributed by atoms with van der Waals surface area (Å²) in [6.07, 6.45) is 0. The number of hydrogen-bond donors (Lipinski definition) is 0. The van der Waals surface area contributed by atoms with E-state index in [0.717, 1.165) is 0 Å². The van der Waals surface area contributed by atoms with Crippen LogP contribution in [0.1, 0.15) is 27.0 Å². The van der Waals surface area contributed by atoms with E-state index in [1.807, 2.05) is 6.07 Å². The van der Waals surface area contributed by atoms with Gasteiger partial charge in [0, 0.05) is 23.3 Å². The molecule has 126 valence electrons. The lowest BCUT2D eigenvalue weighted by Crippen LogP contribution is -2.15. The number of hydrogen-bond acceptors (Lipinski definition) is 7. The molecule has 0 atom stereocenters. The van der Waals surface area contributed by atoms with Crippen LogP contribution in [-0.2, 0) is 22.7 Å². The van der Waals surface area contributed by atoms with Gasteiger partial charge in [-0.2, -0.15) is 5.26 Å². The van der Waals surface area contributed by atoms with Gasteiger partial charge in [-0.05, 0) is 24.3 Å². The van der Waals surface area contributed by atoms with Gasteiger partial charge in [-0.25, -0.2) is 4.79 Å². The van der Waals surface area contributed by atoms with Crippen LogP contribution in [0, 0.1) is 21.4 Å². The fourth-order valence-electron chi connectivity index (χ4n) is 2.40. The van der Waals surface area contributed by atoms with E-state index in [1.165, 1.54) is 36.4 Å². The van der Waals surface area contributed by atoms with E-state index >= 15 is 0 Å². The Labute approximate surface area is 142 Å². The molecule has 0 radical (unpaired) electrons. The number of nitrogens with zero attached hydrogens (tertiary/aromatic N) is 2. The summed E-state index contributed by atoms with van der Waals surface area (Å²) >= 11 is 0. The molecular formula is C17H12N2O6. The van der Waals surface area contributed by atoms with E-state index in [4.69, 9.17) is 19.5 Å². The molecule has 3 rings (SSSR count). The highest BCUT2D eigenvalue weighted by Crippen LogP contribution is 2.33. The first-order valence-electron chi connectivity index (χ1n) is 7.26. The van der Waals surface area contributed by atoms with E-state index in [0.29, 0.717) is 22.4 Å². The zero-order valence-electron chi connectivity index (χ0n) is 12.9. The van der Waals surface area contributed by atoms with Gasteiger partial charge in [-0.15, -0.1) is 0 Å². The lowest BCUT2D eigenvalue weighted by Gasteiger charge is -2.20. The highest BCUT2D eigenvalue weighted by molar-refractivity contribution is 5.89. The van der Waals surface area contributed by atoms with Gasteiger partial charge in [0.2, 0.25) is 0 Å². The molecule has 0 spiro atoms. The molecule has 25 heavy (non-hydrogen) atoms. The van der Waals surface area contributed by atoms with Gasteiger partial charge in [0.1, 0.15) is 12.4 Å². The van der Waals surface area contributed by atoms with E-state index in [1.54, 1.807) is 0 Å². The van der Waals surface area contributed by atoms with Gasteiger partial charge in [0.05, 0.1) is 28.7 Å². The summed E-state index contributed by atoms with van der Waals surface area (Å²) in [5, 5.41) is 19.8. The Hall–Kier alpha value is -3.44. The Bertz CT molecular complexity index is 870. The highest BCUT2D eigenvalue weighted by atomic mass is 16.7. The standard InChI is InChI=1S/C17H12N2O6/c18-7-11-1-3-12(4-2-11)17(20)24-9-14-6-15(19(21)22)5-13-8-23-10-25-16(13)14/h1-6H,8-10H2. The van der Waals surface area contributed by atoms with Gasteiger partial charge >= 0.3 is 5.97 Å². The van der Waals surface area contributed by atoms with Crippen molar-refractivity contribution in [3.05, 3.63) is 68.8 Å². The van der Waals surface area contributed by atoms with Crippen LogP contribution in [0.3, 0.4) is 0 Å². The molecule has 0 amide bonds. The van der Waals surface area contributed by atoms with Crippen LogP contribution >= 0.6 is 0 Å². The summed E-state index contributed by atoms with van der Waals surface area (Å²) in [6.45, 7) is 0.0395. The van der Waals surface area contributed by atoms with Gasteiger partial charge in [-0.1, -0.05) is 0 Å². The minimum absolute atomic E-state index is 0.0291. The molecule has 1 heterocycles. The lowest BCUT2D eigenvalue weighted by atomic mass is 10.1. The average molecular weight is 340 g/mol. The number of esters is 1. The molecule has 0 saturated heterocycles. The Balaban J connectivity index is 1.80. The number of nitro benzene ring substituents is 1. The smallest absolute Gasteiger partial charge is 0.338 e. The lowest BCUT2D eigenvalue weighted by molar-refractivity contribution is -0.385. The van der Waals surface area contributed by atoms with Crippen LogP contribution in [0.4, 0.5) is 5.69 Å². The summed E-state index contributed by atoms with van der Waals surface area (Å²) in [5.41, 5.74) is 1.51. The number of rotatable bonds is 4. The maximum absolute atomic E-state index is 12.1. The number of nitriles is 1. The van der Waals surface area contributed by atoms with Crippen molar-refractivity contribution in [2.24, 2.45) is 0 Å². The molecule has 0 N–H and O–H groups in total. The van der Waals surface area contributed by atoms with Crippen LogP contribution < -0.4 is 4.74 Å². The Morgan fingerprint density at radius 2 is 2.08 bits per heavy atom. The first kappa shape index (κ1) is 16.4. The molecule has 8 heteroatoms. The van der Waals surface area contributed by atoms with Gasteiger partial charge < -0.3 is 14.2 Å². The van der Waals surface area contributed by atoms with Crippen molar-refractivity contribution in [2.75, 3.05) is 6.79 Å². The van der Waals surface area contributed by atoms with Crippen LogP contribution in [0.2, 0.25) is 0 Å². The molecule has 0 fully saturated rings. The van der Waals surface area contributed by atoms with E-state index in [2.05, 4.69) is 0 Å². The predicted molar refractivity (Wildman–Crippen MR) is 83.7 cm³/mol. The van der Waals surface area contributed by atoms with Crippen molar-refractivity contribution in [3.8, 4) is 11.8 Å². The first-order chi connectivity index (χ1) is 12.1. The minimum atomic E-state index is -0.600. The normalized spacial score (nSPS) is 12.4. The number of non-ortho nitro benzene ring substituents is 1. The van der Waals surface area contributed by atoms with Gasteiger partial charge in [0.25, 0.3) is 5.69 Å². The van der Waals surface area contributed by atoms with Gasteiger partial charge in [0.15, 0.2) is 6.79 Å².